The van der Waals surface area contributed by atoms with Crippen LogP contribution in [0.25, 0.3) is 10.9 Å². The highest BCUT2D eigenvalue weighted by molar-refractivity contribution is 5.93. The van der Waals surface area contributed by atoms with Crippen LogP contribution in [-0.2, 0) is 4.74 Å². The lowest BCUT2D eigenvalue weighted by molar-refractivity contribution is 0.168. The van der Waals surface area contributed by atoms with Crippen molar-refractivity contribution < 1.29 is 23.8 Å². The van der Waals surface area contributed by atoms with Crippen LogP contribution >= 0.6 is 0 Å². The number of H-pyrrole nitrogens is 1. The van der Waals surface area contributed by atoms with E-state index in [-0.39, 0.29) is 18.2 Å². The maximum Gasteiger partial charge on any atom is 0.320 e. The van der Waals surface area contributed by atoms with Crippen molar-refractivity contribution >= 4 is 22.8 Å². The summed E-state index contributed by atoms with van der Waals surface area (Å²) in [4.78, 5) is 16.8. The number of hydrogen-bond donors (Lipinski definition) is 4. The van der Waals surface area contributed by atoms with Gasteiger partial charge in [0.25, 0.3) is 0 Å². The van der Waals surface area contributed by atoms with Gasteiger partial charge in [0.05, 0.1) is 42.5 Å². The quantitative estimate of drug-likeness (QED) is 0.481. The van der Waals surface area contributed by atoms with Gasteiger partial charge in [-0.2, -0.15) is 0 Å². The van der Waals surface area contributed by atoms with E-state index in [1.165, 1.54) is 26.4 Å². The molecule has 154 valence electrons. The maximum absolute atomic E-state index is 13.2. The Labute approximate surface area is 166 Å². The summed E-state index contributed by atoms with van der Waals surface area (Å²) in [6, 6.07) is 6.33. The molecule has 0 spiro atoms. The molecule has 0 saturated carbocycles. The number of nitrogens with one attached hydrogen (secondary N) is 3. The SMILES string of the molecule is COC[C@@H](NC(=O)Nc1cc2[nH]nc(OC)c2c([C@H](C)O)n1)c1ccc(F)cc1. The standard InChI is InChI=1S/C19H22FN5O4/c1-10(26)17-16-13(24-25-18(16)29-3)8-15(22-17)23-19(27)21-14(9-28-2)11-4-6-12(20)7-5-11/h4-8,10,14,26H,9H2,1-3H3,(H,24,25)(H2,21,22,23,27)/t10-,14+/m0/s1. The average molecular weight is 403 g/mol. The minimum Gasteiger partial charge on any atom is -0.479 e. The van der Waals surface area contributed by atoms with E-state index in [9.17, 15) is 14.3 Å². The molecule has 2 aromatic heterocycles. The number of ether oxygens (including phenoxy) is 2. The lowest BCUT2D eigenvalue weighted by atomic mass is 10.1. The van der Waals surface area contributed by atoms with E-state index in [2.05, 4.69) is 25.8 Å². The zero-order chi connectivity index (χ0) is 21.0. The number of methoxy groups -OCH3 is 2. The predicted molar refractivity (Wildman–Crippen MR) is 104 cm³/mol. The summed E-state index contributed by atoms with van der Waals surface area (Å²) >= 11 is 0. The third-order valence-corrected chi connectivity index (χ3v) is 4.28. The maximum atomic E-state index is 13.2. The topological polar surface area (TPSA) is 121 Å². The van der Waals surface area contributed by atoms with Crippen LogP contribution < -0.4 is 15.4 Å². The number of anilines is 1. The summed E-state index contributed by atoms with van der Waals surface area (Å²) in [6.07, 6.45) is -0.908. The number of halogens is 1. The number of aromatic amines is 1. The first-order valence-corrected chi connectivity index (χ1v) is 8.86. The molecule has 0 aliphatic heterocycles. The van der Waals surface area contributed by atoms with Crippen LogP contribution in [0.15, 0.2) is 30.3 Å². The highest BCUT2D eigenvalue weighted by atomic mass is 19.1. The summed E-state index contributed by atoms with van der Waals surface area (Å²) in [7, 11) is 2.97. The van der Waals surface area contributed by atoms with E-state index in [0.29, 0.717) is 28.0 Å². The van der Waals surface area contributed by atoms with Crippen molar-refractivity contribution in [1.82, 2.24) is 20.5 Å². The summed E-state index contributed by atoms with van der Waals surface area (Å²) in [5.74, 6) is 0.149. The van der Waals surface area contributed by atoms with Crippen molar-refractivity contribution in [1.29, 1.82) is 0 Å². The molecular weight excluding hydrogens is 381 g/mol. The van der Waals surface area contributed by atoms with Crippen LogP contribution in [0.1, 0.15) is 30.3 Å². The fourth-order valence-corrected chi connectivity index (χ4v) is 2.95. The Morgan fingerprint density at radius 1 is 1.31 bits per heavy atom. The Morgan fingerprint density at radius 2 is 2.03 bits per heavy atom. The Hall–Kier alpha value is -3.24. The molecule has 3 rings (SSSR count). The second kappa shape index (κ2) is 8.84. The van der Waals surface area contributed by atoms with Crippen molar-refractivity contribution in [3.05, 3.63) is 47.4 Å². The zero-order valence-corrected chi connectivity index (χ0v) is 16.2. The van der Waals surface area contributed by atoms with Crippen LogP contribution in [0, 0.1) is 5.82 Å². The summed E-state index contributed by atoms with van der Waals surface area (Å²) < 4.78 is 23.5. The molecule has 2 amide bonds. The number of fused-ring (bicyclic) bond motifs is 1. The van der Waals surface area contributed by atoms with Gasteiger partial charge in [0.1, 0.15) is 11.6 Å². The predicted octanol–water partition coefficient (Wildman–Crippen LogP) is 2.67. The molecule has 4 N–H and O–H groups in total. The smallest absolute Gasteiger partial charge is 0.320 e. The first-order valence-electron chi connectivity index (χ1n) is 8.86. The number of aliphatic hydroxyl groups excluding tert-OH is 1. The van der Waals surface area contributed by atoms with Gasteiger partial charge in [-0.25, -0.2) is 14.2 Å². The van der Waals surface area contributed by atoms with Gasteiger partial charge < -0.3 is 19.9 Å². The van der Waals surface area contributed by atoms with E-state index < -0.39 is 18.2 Å². The van der Waals surface area contributed by atoms with Crippen LogP contribution in [-0.4, -0.2) is 47.1 Å². The van der Waals surface area contributed by atoms with E-state index in [0.717, 1.165) is 0 Å². The molecule has 0 bridgehead atoms. The third kappa shape index (κ3) is 4.61. The number of nitrogens with zero attached hydrogens (tertiary/aromatic N) is 2. The molecule has 1 aromatic carbocycles. The Kier molecular flexibility index (Phi) is 6.25. The van der Waals surface area contributed by atoms with Crippen LogP contribution in [0.2, 0.25) is 0 Å². The number of pyridine rings is 1. The number of amides is 2. The molecule has 0 aliphatic rings. The van der Waals surface area contributed by atoms with Crippen LogP contribution in [0.3, 0.4) is 0 Å². The van der Waals surface area contributed by atoms with Crippen molar-refractivity contribution in [3.8, 4) is 5.88 Å². The molecule has 2 atom stereocenters. The van der Waals surface area contributed by atoms with Gasteiger partial charge in [-0.05, 0) is 24.6 Å². The zero-order valence-electron chi connectivity index (χ0n) is 16.2. The Bertz CT molecular complexity index is 990. The molecule has 9 nitrogen and oxygen atoms in total. The highest BCUT2D eigenvalue weighted by Gasteiger charge is 2.20. The number of carbonyl (C=O) groups excluding carboxylic acids is 1. The molecule has 0 radical (unpaired) electrons. The number of carbonyl (C=O) groups is 1. The summed E-state index contributed by atoms with van der Waals surface area (Å²) in [6.45, 7) is 1.75. The number of aliphatic hydroxyl groups is 1. The number of rotatable bonds is 7. The Balaban J connectivity index is 1.82. The van der Waals surface area contributed by atoms with Gasteiger partial charge in [-0.15, -0.1) is 5.10 Å². The first-order chi connectivity index (χ1) is 13.9. The largest absolute Gasteiger partial charge is 0.479 e. The number of urea groups is 1. The molecule has 2 heterocycles. The lowest BCUT2D eigenvalue weighted by Gasteiger charge is -2.19. The minimum absolute atomic E-state index is 0.197. The normalized spacial score (nSPS) is 13.1. The van der Waals surface area contributed by atoms with Crippen molar-refractivity contribution in [2.75, 3.05) is 26.1 Å². The van der Waals surface area contributed by atoms with E-state index in [1.54, 1.807) is 25.1 Å². The lowest BCUT2D eigenvalue weighted by Crippen LogP contribution is -2.35. The average Bonchev–Trinajstić information content (AvgIpc) is 3.10. The van der Waals surface area contributed by atoms with Gasteiger partial charge in [0.15, 0.2) is 0 Å². The van der Waals surface area contributed by atoms with Gasteiger partial charge in [-0.3, -0.25) is 10.4 Å². The number of hydrogen-bond acceptors (Lipinski definition) is 6. The van der Waals surface area contributed by atoms with E-state index in [4.69, 9.17) is 9.47 Å². The van der Waals surface area contributed by atoms with Crippen molar-refractivity contribution in [3.63, 3.8) is 0 Å². The van der Waals surface area contributed by atoms with Crippen LogP contribution in [0.5, 0.6) is 5.88 Å². The van der Waals surface area contributed by atoms with Gasteiger partial charge >= 0.3 is 6.03 Å². The molecule has 0 saturated heterocycles. The van der Waals surface area contributed by atoms with E-state index >= 15 is 0 Å². The molecule has 0 unspecified atom stereocenters. The fourth-order valence-electron chi connectivity index (χ4n) is 2.95. The summed E-state index contributed by atoms with van der Waals surface area (Å²) in [5.41, 5.74) is 1.56. The van der Waals surface area contributed by atoms with E-state index in [1.807, 2.05) is 0 Å². The van der Waals surface area contributed by atoms with Gasteiger partial charge in [0, 0.05) is 13.2 Å². The van der Waals surface area contributed by atoms with Gasteiger partial charge in [0.2, 0.25) is 5.88 Å². The monoisotopic (exact) mass is 403 g/mol. The molecule has 3 aromatic rings. The third-order valence-electron chi connectivity index (χ3n) is 4.28. The number of benzene rings is 1. The first kappa shape index (κ1) is 20.5. The molecule has 0 aliphatic carbocycles. The van der Waals surface area contributed by atoms with Crippen molar-refractivity contribution in [2.45, 2.75) is 19.1 Å². The van der Waals surface area contributed by atoms with Crippen LogP contribution in [0.4, 0.5) is 15.0 Å². The minimum atomic E-state index is -0.908. The van der Waals surface area contributed by atoms with Gasteiger partial charge in [-0.1, -0.05) is 12.1 Å². The summed E-state index contributed by atoms with van der Waals surface area (Å²) in [5, 5.41) is 22.8. The molecule has 29 heavy (non-hydrogen) atoms. The molecular formula is C19H22FN5O4. The fraction of sp³-hybridized carbons (Fsp3) is 0.316. The molecule has 0 fully saturated rings. The van der Waals surface area contributed by atoms with Crippen molar-refractivity contribution in [2.24, 2.45) is 0 Å². The number of aromatic nitrogens is 3. The Morgan fingerprint density at radius 3 is 2.66 bits per heavy atom. The molecule has 10 heteroatoms. The highest BCUT2D eigenvalue weighted by Crippen LogP contribution is 2.30. The second-order valence-corrected chi connectivity index (χ2v) is 6.38. The second-order valence-electron chi connectivity index (χ2n) is 6.38.